The molecule has 41 heavy (non-hydrogen) atoms. The van der Waals surface area contributed by atoms with Crippen molar-refractivity contribution in [1.82, 2.24) is 20.9 Å². The monoisotopic (exact) mass is 565 g/mol. The first-order valence-electron chi connectivity index (χ1n) is 12.9. The second-order valence-electron chi connectivity index (χ2n) is 10.5. The van der Waals surface area contributed by atoms with Gasteiger partial charge in [-0.3, -0.25) is 29.4 Å². The van der Waals surface area contributed by atoms with Gasteiger partial charge in [-0.15, -0.1) is 0 Å². The fourth-order valence-electron chi connectivity index (χ4n) is 4.44. The first-order chi connectivity index (χ1) is 19.4. The van der Waals surface area contributed by atoms with Crippen molar-refractivity contribution in [2.24, 2.45) is 0 Å². The van der Waals surface area contributed by atoms with E-state index in [0.717, 1.165) is 4.90 Å². The van der Waals surface area contributed by atoms with Crippen molar-refractivity contribution in [1.29, 1.82) is 0 Å². The number of urea groups is 1. The number of carbonyl (C=O) groups is 6. The normalized spacial score (nSPS) is 16.6. The maximum atomic E-state index is 13.0. The van der Waals surface area contributed by atoms with Crippen LogP contribution in [-0.4, -0.2) is 59.4 Å². The third-order valence-electron chi connectivity index (χ3n) is 6.32. The number of amides is 7. The zero-order valence-electron chi connectivity index (χ0n) is 23.1. The van der Waals surface area contributed by atoms with Crippen LogP contribution in [0.25, 0.3) is 0 Å². The Morgan fingerprint density at radius 1 is 0.976 bits per heavy atom. The molecule has 0 radical (unpaired) electrons. The quantitative estimate of drug-likeness (QED) is 0.371. The van der Waals surface area contributed by atoms with Crippen LogP contribution < -0.4 is 26.0 Å². The van der Waals surface area contributed by atoms with E-state index < -0.39 is 47.4 Å². The lowest BCUT2D eigenvalue weighted by molar-refractivity contribution is -0.136. The van der Waals surface area contributed by atoms with Crippen molar-refractivity contribution < 1.29 is 38.2 Å². The number of piperidine rings is 1. The average Bonchev–Trinajstić information content (AvgIpc) is 3.14. The first kappa shape index (κ1) is 29.1. The molecule has 2 aliphatic rings. The molecule has 0 aromatic heterocycles. The highest BCUT2D eigenvalue weighted by Gasteiger charge is 2.44. The molecule has 0 spiro atoms. The molecule has 1 unspecified atom stereocenters. The molecule has 0 aliphatic carbocycles. The lowest BCUT2D eigenvalue weighted by Crippen LogP contribution is -2.54. The van der Waals surface area contributed by atoms with E-state index in [1.165, 1.54) is 19.2 Å². The summed E-state index contributed by atoms with van der Waals surface area (Å²) in [5.41, 5.74) is 1.33. The number of methoxy groups -OCH3 is 1. The number of rotatable bonds is 7. The lowest BCUT2D eigenvalue weighted by atomic mass is 10.0. The van der Waals surface area contributed by atoms with Gasteiger partial charge in [-0.1, -0.05) is 12.1 Å². The fraction of sp³-hybridized carbons (Fsp3) is 0.357. The Kier molecular flexibility index (Phi) is 8.26. The van der Waals surface area contributed by atoms with Crippen LogP contribution in [0.4, 0.5) is 15.3 Å². The Morgan fingerprint density at radius 3 is 2.39 bits per heavy atom. The molecule has 0 bridgehead atoms. The van der Waals surface area contributed by atoms with E-state index >= 15 is 0 Å². The van der Waals surface area contributed by atoms with E-state index in [1.807, 2.05) is 0 Å². The predicted octanol–water partition coefficient (Wildman–Crippen LogP) is 2.44. The summed E-state index contributed by atoms with van der Waals surface area (Å²) >= 11 is 0. The lowest BCUT2D eigenvalue weighted by Gasteiger charge is -2.27. The Balaban J connectivity index is 1.34. The summed E-state index contributed by atoms with van der Waals surface area (Å²) in [7, 11) is 1.47. The molecule has 1 fully saturated rings. The number of benzene rings is 2. The molecule has 13 heteroatoms. The smallest absolute Gasteiger partial charge is 0.407 e. The van der Waals surface area contributed by atoms with Crippen molar-refractivity contribution in [3.8, 4) is 5.75 Å². The predicted molar refractivity (Wildman–Crippen MR) is 145 cm³/mol. The molecular formula is C28H31N5O8. The molecular weight excluding hydrogens is 534 g/mol. The molecule has 216 valence electrons. The van der Waals surface area contributed by atoms with Crippen LogP contribution >= 0.6 is 0 Å². The zero-order valence-corrected chi connectivity index (χ0v) is 23.1. The minimum absolute atomic E-state index is 0.0334. The minimum Gasteiger partial charge on any atom is -0.496 e. The van der Waals surface area contributed by atoms with Gasteiger partial charge in [0.2, 0.25) is 11.8 Å². The number of carbonyl (C=O) groups excluding carboxylic acids is 6. The van der Waals surface area contributed by atoms with Crippen molar-refractivity contribution in [3.05, 3.63) is 58.7 Å². The first-order valence-corrected chi connectivity index (χ1v) is 12.9. The maximum Gasteiger partial charge on any atom is 0.407 e. The van der Waals surface area contributed by atoms with Crippen LogP contribution in [0.1, 0.15) is 65.5 Å². The van der Waals surface area contributed by atoms with Crippen molar-refractivity contribution in [3.63, 3.8) is 0 Å². The number of anilines is 1. The van der Waals surface area contributed by atoms with E-state index in [4.69, 9.17) is 9.47 Å². The molecule has 7 amide bonds. The molecule has 0 saturated carbocycles. The van der Waals surface area contributed by atoms with Crippen LogP contribution in [0.2, 0.25) is 0 Å². The van der Waals surface area contributed by atoms with Crippen LogP contribution in [0.3, 0.4) is 0 Å². The van der Waals surface area contributed by atoms with Crippen LogP contribution in [-0.2, 0) is 27.4 Å². The largest absolute Gasteiger partial charge is 0.496 e. The highest BCUT2D eigenvalue weighted by molar-refractivity contribution is 6.23. The van der Waals surface area contributed by atoms with Crippen LogP contribution in [0, 0.1) is 0 Å². The van der Waals surface area contributed by atoms with Gasteiger partial charge in [-0.05, 0) is 51.0 Å². The van der Waals surface area contributed by atoms with E-state index in [9.17, 15) is 28.8 Å². The van der Waals surface area contributed by atoms with Gasteiger partial charge in [0.1, 0.15) is 17.4 Å². The summed E-state index contributed by atoms with van der Waals surface area (Å²) in [6.07, 6.45) is -0.468. The molecule has 13 nitrogen and oxygen atoms in total. The van der Waals surface area contributed by atoms with Gasteiger partial charge in [0.15, 0.2) is 0 Å². The molecule has 2 aliphatic heterocycles. The molecule has 2 aromatic carbocycles. The van der Waals surface area contributed by atoms with Gasteiger partial charge in [0.25, 0.3) is 11.8 Å². The van der Waals surface area contributed by atoms with Gasteiger partial charge in [-0.25, -0.2) is 9.59 Å². The van der Waals surface area contributed by atoms with Crippen LogP contribution in [0.15, 0.2) is 36.4 Å². The second kappa shape index (κ2) is 11.7. The Labute approximate surface area is 235 Å². The Hall–Kier alpha value is -4.94. The SMILES string of the molecule is COc1cc(NC(=O)NCc2ccc3c(c2)C(=O)N(C2CCC(=O)NC2=O)C3=O)ccc1CNC(=O)OC(C)(C)C. The summed E-state index contributed by atoms with van der Waals surface area (Å²) in [6, 6.07) is 7.95. The summed E-state index contributed by atoms with van der Waals surface area (Å²) in [5, 5.41) is 10.2. The standard InChI is InChI=1S/C28H31N5O8/c1-28(2,3)41-27(39)30-14-16-6-7-17(12-21(16)40-4)31-26(38)29-13-15-5-8-18-19(11-15)25(37)33(24(18)36)20-9-10-22(34)32-23(20)35/h5-8,11-12,20H,9-10,13-14H2,1-4H3,(H,30,39)(H2,29,31,38)(H,32,34,35). The van der Waals surface area contributed by atoms with E-state index in [-0.39, 0.29) is 37.1 Å². The molecule has 1 atom stereocenters. The minimum atomic E-state index is -1.05. The number of imide groups is 2. The summed E-state index contributed by atoms with van der Waals surface area (Å²) in [5.74, 6) is -1.91. The third-order valence-corrected chi connectivity index (χ3v) is 6.32. The summed E-state index contributed by atoms with van der Waals surface area (Å²) in [6.45, 7) is 5.50. The number of nitrogens with one attached hydrogen (secondary N) is 4. The van der Waals surface area contributed by atoms with Crippen molar-refractivity contribution in [2.75, 3.05) is 12.4 Å². The van der Waals surface area contributed by atoms with E-state index in [1.54, 1.807) is 45.0 Å². The molecule has 1 saturated heterocycles. The number of nitrogens with zero attached hydrogens (tertiary/aromatic N) is 1. The average molecular weight is 566 g/mol. The number of alkyl carbamates (subject to hydrolysis) is 1. The maximum absolute atomic E-state index is 13.0. The Morgan fingerprint density at radius 2 is 1.71 bits per heavy atom. The number of fused-ring (bicyclic) bond motifs is 1. The second-order valence-corrected chi connectivity index (χ2v) is 10.5. The number of hydrogen-bond donors (Lipinski definition) is 4. The Bertz CT molecular complexity index is 1430. The van der Waals surface area contributed by atoms with Crippen molar-refractivity contribution >= 4 is 41.4 Å². The number of ether oxygens (including phenoxy) is 2. The zero-order chi connectivity index (χ0) is 29.9. The van der Waals surface area contributed by atoms with Gasteiger partial charge in [0.05, 0.1) is 18.2 Å². The number of hydrogen-bond acceptors (Lipinski definition) is 8. The molecule has 2 heterocycles. The van der Waals surface area contributed by atoms with Crippen molar-refractivity contribution in [2.45, 2.75) is 58.3 Å². The summed E-state index contributed by atoms with van der Waals surface area (Å²) in [4.78, 5) is 74.9. The van der Waals surface area contributed by atoms with Crippen LogP contribution in [0.5, 0.6) is 5.75 Å². The van der Waals surface area contributed by atoms with Gasteiger partial charge in [0, 0.05) is 36.8 Å². The molecule has 4 N–H and O–H groups in total. The summed E-state index contributed by atoms with van der Waals surface area (Å²) < 4.78 is 10.6. The highest BCUT2D eigenvalue weighted by atomic mass is 16.6. The van der Waals surface area contributed by atoms with Gasteiger partial charge < -0.3 is 25.4 Å². The fourth-order valence-corrected chi connectivity index (χ4v) is 4.44. The molecule has 4 rings (SSSR count). The third kappa shape index (κ3) is 6.80. The van der Waals surface area contributed by atoms with E-state index in [2.05, 4.69) is 21.3 Å². The highest BCUT2D eigenvalue weighted by Crippen LogP contribution is 2.28. The van der Waals surface area contributed by atoms with Gasteiger partial charge >= 0.3 is 12.1 Å². The van der Waals surface area contributed by atoms with E-state index in [0.29, 0.717) is 22.6 Å². The van der Waals surface area contributed by atoms with Gasteiger partial charge in [-0.2, -0.15) is 0 Å². The topological polar surface area (TPSA) is 172 Å². The molecule has 2 aromatic rings.